The molecule has 3 aromatic rings. The first-order valence-electron chi connectivity index (χ1n) is 10.8. The van der Waals surface area contributed by atoms with Crippen molar-refractivity contribution in [1.29, 1.82) is 0 Å². The van der Waals surface area contributed by atoms with Gasteiger partial charge in [0, 0.05) is 18.3 Å². The van der Waals surface area contributed by atoms with E-state index in [-0.39, 0.29) is 18.3 Å². The van der Waals surface area contributed by atoms with E-state index in [1.165, 1.54) is 0 Å². The fourth-order valence-electron chi connectivity index (χ4n) is 3.83. The number of benzene rings is 2. The molecule has 1 aliphatic rings. The first-order valence-corrected chi connectivity index (χ1v) is 10.8. The Morgan fingerprint density at radius 3 is 2.32 bits per heavy atom. The summed E-state index contributed by atoms with van der Waals surface area (Å²) in [7, 11) is 0. The molecule has 0 bridgehead atoms. The van der Waals surface area contributed by atoms with Crippen molar-refractivity contribution in [2.75, 3.05) is 12.3 Å². The second-order valence-corrected chi connectivity index (χ2v) is 7.82. The van der Waals surface area contributed by atoms with E-state index >= 15 is 0 Å². The number of nitrogens with two attached hydrogens (primary N) is 1. The van der Waals surface area contributed by atoms with Gasteiger partial charge in [-0.15, -0.1) is 0 Å². The van der Waals surface area contributed by atoms with Crippen molar-refractivity contribution < 1.29 is 14.2 Å². The van der Waals surface area contributed by atoms with Crippen molar-refractivity contribution in [3.8, 4) is 0 Å². The maximum absolute atomic E-state index is 6.42. The molecule has 0 spiro atoms. The highest BCUT2D eigenvalue weighted by molar-refractivity contribution is 5.18. The standard InChI is InChI=1S/C25H29N3O3/c26-25-27-14-13-21(28-25)15-22-11-12-23(30-17-20-9-5-2-6-10-20)24(31-22)18-29-16-19-7-3-1-4-8-19/h1-10,13-14,22-24H,11-12,15-18H2,(H2,26,27,28)/t22-,23+,24-/m1/s1. The molecule has 2 N–H and O–H groups in total. The van der Waals surface area contributed by atoms with Crippen LogP contribution in [0, 0.1) is 0 Å². The van der Waals surface area contributed by atoms with Crippen LogP contribution in [0.25, 0.3) is 0 Å². The maximum Gasteiger partial charge on any atom is 0.220 e. The average Bonchev–Trinajstić information content (AvgIpc) is 2.80. The molecule has 31 heavy (non-hydrogen) atoms. The molecule has 1 fully saturated rings. The molecule has 0 aliphatic carbocycles. The summed E-state index contributed by atoms with van der Waals surface area (Å²) in [5, 5.41) is 0. The van der Waals surface area contributed by atoms with Gasteiger partial charge in [0.2, 0.25) is 5.95 Å². The summed E-state index contributed by atoms with van der Waals surface area (Å²) in [5.41, 5.74) is 8.92. The van der Waals surface area contributed by atoms with Crippen LogP contribution in [0.5, 0.6) is 0 Å². The van der Waals surface area contributed by atoms with Crippen LogP contribution in [0.4, 0.5) is 5.95 Å². The van der Waals surface area contributed by atoms with Gasteiger partial charge in [-0.1, -0.05) is 60.7 Å². The van der Waals surface area contributed by atoms with E-state index in [0.717, 1.165) is 29.7 Å². The molecular formula is C25H29N3O3. The van der Waals surface area contributed by atoms with Crippen molar-refractivity contribution in [3.63, 3.8) is 0 Å². The van der Waals surface area contributed by atoms with Crippen LogP contribution in [0.3, 0.4) is 0 Å². The maximum atomic E-state index is 6.42. The van der Waals surface area contributed by atoms with Gasteiger partial charge in [-0.25, -0.2) is 9.97 Å². The fourth-order valence-corrected chi connectivity index (χ4v) is 3.83. The molecule has 4 rings (SSSR count). The molecule has 1 aliphatic heterocycles. The van der Waals surface area contributed by atoms with Crippen LogP contribution in [0.2, 0.25) is 0 Å². The molecule has 6 nitrogen and oxygen atoms in total. The molecular weight excluding hydrogens is 390 g/mol. The highest BCUT2D eigenvalue weighted by Crippen LogP contribution is 2.26. The summed E-state index contributed by atoms with van der Waals surface area (Å²) in [4.78, 5) is 8.28. The van der Waals surface area contributed by atoms with Crippen molar-refractivity contribution in [3.05, 3.63) is 89.7 Å². The third-order valence-corrected chi connectivity index (χ3v) is 5.42. The van der Waals surface area contributed by atoms with Crippen LogP contribution in [0.1, 0.15) is 29.7 Å². The van der Waals surface area contributed by atoms with Crippen molar-refractivity contribution in [1.82, 2.24) is 9.97 Å². The van der Waals surface area contributed by atoms with Crippen molar-refractivity contribution in [2.45, 2.75) is 50.8 Å². The Morgan fingerprint density at radius 1 is 0.903 bits per heavy atom. The number of anilines is 1. The summed E-state index contributed by atoms with van der Waals surface area (Å²) in [6.07, 6.45) is 4.11. The van der Waals surface area contributed by atoms with E-state index in [4.69, 9.17) is 19.9 Å². The number of nitrogens with zero attached hydrogens (tertiary/aromatic N) is 2. The zero-order valence-electron chi connectivity index (χ0n) is 17.6. The Morgan fingerprint density at radius 2 is 1.61 bits per heavy atom. The largest absolute Gasteiger partial charge is 0.374 e. The Balaban J connectivity index is 1.36. The van der Waals surface area contributed by atoms with Crippen molar-refractivity contribution >= 4 is 5.95 Å². The van der Waals surface area contributed by atoms with Crippen LogP contribution >= 0.6 is 0 Å². The molecule has 2 heterocycles. The van der Waals surface area contributed by atoms with E-state index in [1.54, 1.807) is 6.20 Å². The third-order valence-electron chi connectivity index (χ3n) is 5.42. The van der Waals surface area contributed by atoms with E-state index < -0.39 is 0 Å². The van der Waals surface area contributed by atoms with Crippen LogP contribution in [0.15, 0.2) is 72.9 Å². The van der Waals surface area contributed by atoms with E-state index in [9.17, 15) is 0 Å². The van der Waals surface area contributed by atoms with Gasteiger partial charge in [-0.3, -0.25) is 0 Å². The number of hydrogen-bond acceptors (Lipinski definition) is 6. The van der Waals surface area contributed by atoms with E-state index in [2.05, 4.69) is 34.2 Å². The highest BCUT2D eigenvalue weighted by Gasteiger charge is 2.32. The number of rotatable bonds is 9. The molecule has 6 heteroatoms. The molecule has 1 saturated heterocycles. The zero-order valence-corrected chi connectivity index (χ0v) is 17.6. The predicted molar refractivity (Wildman–Crippen MR) is 119 cm³/mol. The normalized spacial score (nSPS) is 21.1. The van der Waals surface area contributed by atoms with Crippen LogP contribution < -0.4 is 5.73 Å². The summed E-state index contributed by atoms with van der Waals surface area (Å²) in [5.74, 6) is 0.292. The lowest BCUT2D eigenvalue weighted by atomic mass is 9.98. The zero-order chi connectivity index (χ0) is 21.3. The second kappa shape index (κ2) is 11.0. The molecule has 1 aromatic heterocycles. The van der Waals surface area contributed by atoms with E-state index in [1.807, 2.05) is 42.5 Å². The minimum Gasteiger partial charge on any atom is -0.374 e. The number of ether oxygens (including phenoxy) is 3. The summed E-state index contributed by atoms with van der Waals surface area (Å²) in [6.45, 7) is 1.60. The monoisotopic (exact) mass is 419 g/mol. The quantitative estimate of drug-likeness (QED) is 0.566. The summed E-state index contributed by atoms with van der Waals surface area (Å²) >= 11 is 0. The van der Waals surface area contributed by atoms with Crippen LogP contribution in [-0.4, -0.2) is 34.9 Å². The fraction of sp³-hybridized carbons (Fsp3) is 0.360. The van der Waals surface area contributed by atoms with Gasteiger partial charge in [-0.05, 0) is 30.0 Å². The number of nitrogen functional groups attached to an aromatic ring is 1. The predicted octanol–water partition coefficient (Wildman–Crippen LogP) is 3.95. The summed E-state index contributed by atoms with van der Waals surface area (Å²) in [6, 6.07) is 22.3. The van der Waals surface area contributed by atoms with Crippen LogP contribution in [-0.2, 0) is 33.8 Å². The van der Waals surface area contributed by atoms with Crippen molar-refractivity contribution in [2.24, 2.45) is 0 Å². The first kappa shape index (κ1) is 21.4. The smallest absolute Gasteiger partial charge is 0.220 e. The lowest BCUT2D eigenvalue weighted by Gasteiger charge is -2.36. The average molecular weight is 420 g/mol. The van der Waals surface area contributed by atoms with Gasteiger partial charge in [0.1, 0.15) is 6.10 Å². The molecule has 162 valence electrons. The lowest BCUT2D eigenvalue weighted by Crippen LogP contribution is -2.44. The van der Waals surface area contributed by atoms with E-state index in [0.29, 0.717) is 32.2 Å². The Hall–Kier alpha value is -2.80. The summed E-state index contributed by atoms with van der Waals surface area (Å²) < 4.78 is 18.7. The Kier molecular flexibility index (Phi) is 7.60. The molecule has 0 radical (unpaired) electrons. The number of aromatic nitrogens is 2. The molecule has 0 unspecified atom stereocenters. The third kappa shape index (κ3) is 6.59. The second-order valence-electron chi connectivity index (χ2n) is 7.82. The SMILES string of the molecule is Nc1nccc(C[C@H]2CC[C@H](OCc3ccccc3)[C@@H](COCc3ccccc3)O2)n1. The molecule has 3 atom stereocenters. The molecule has 0 saturated carbocycles. The van der Waals surface area contributed by atoms with Gasteiger partial charge in [-0.2, -0.15) is 0 Å². The minimum atomic E-state index is -0.134. The van der Waals surface area contributed by atoms with Gasteiger partial charge in [0.15, 0.2) is 0 Å². The Labute approximate surface area is 183 Å². The molecule has 0 amide bonds. The topological polar surface area (TPSA) is 79.5 Å². The lowest BCUT2D eigenvalue weighted by molar-refractivity contribution is -0.165. The van der Waals surface area contributed by atoms with Gasteiger partial charge in [0.25, 0.3) is 0 Å². The van der Waals surface area contributed by atoms with Gasteiger partial charge >= 0.3 is 0 Å². The molecule has 2 aromatic carbocycles. The number of hydrogen-bond donors (Lipinski definition) is 1. The Bertz CT molecular complexity index is 924. The highest BCUT2D eigenvalue weighted by atomic mass is 16.6. The van der Waals surface area contributed by atoms with Gasteiger partial charge in [0.05, 0.1) is 32.0 Å². The van der Waals surface area contributed by atoms with Gasteiger partial charge < -0.3 is 19.9 Å². The minimum absolute atomic E-state index is 0.0114. The first-order chi connectivity index (χ1) is 15.3.